The fourth-order valence-corrected chi connectivity index (χ4v) is 5.23. The van der Waals surface area contributed by atoms with Crippen molar-refractivity contribution in [3.63, 3.8) is 0 Å². The summed E-state index contributed by atoms with van der Waals surface area (Å²) < 4.78 is 27.5. The highest BCUT2D eigenvalue weighted by atomic mass is 32.2. The van der Waals surface area contributed by atoms with Crippen molar-refractivity contribution >= 4 is 22.0 Å². The van der Waals surface area contributed by atoms with Crippen LogP contribution in [0, 0.1) is 5.92 Å². The SMILES string of the molecule is CCCCN(C)C(=O)C1=Cc2cc(S(=O)(=O)N3CCC(C)CC3)ccc2C1. The molecule has 1 heterocycles. The van der Waals surface area contributed by atoms with Crippen LogP contribution in [0.15, 0.2) is 28.7 Å². The third-order valence-corrected chi connectivity index (χ3v) is 7.57. The van der Waals surface area contributed by atoms with Gasteiger partial charge in [0.25, 0.3) is 0 Å². The molecular weight excluding hydrogens is 360 g/mol. The first-order valence-corrected chi connectivity index (χ1v) is 11.4. The highest BCUT2D eigenvalue weighted by molar-refractivity contribution is 7.89. The predicted molar refractivity (Wildman–Crippen MR) is 108 cm³/mol. The van der Waals surface area contributed by atoms with E-state index in [1.54, 1.807) is 21.3 Å². The number of rotatable bonds is 6. The second kappa shape index (κ2) is 8.15. The Labute approximate surface area is 163 Å². The molecule has 0 aromatic heterocycles. The summed E-state index contributed by atoms with van der Waals surface area (Å²) in [6.07, 6.45) is 6.29. The molecule has 1 aromatic rings. The van der Waals surface area contributed by atoms with E-state index in [4.69, 9.17) is 0 Å². The minimum Gasteiger partial charge on any atom is -0.342 e. The predicted octanol–water partition coefficient (Wildman–Crippen LogP) is 3.31. The zero-order valence-corrected chi connectivity index (χ0v) is 17.4. The van der Waals surface area contributed by atoms with E-state index in [9.17, 15) is 13.2 Å². The van der Waals surface area contributed by atoms with Gasteiger partial charge in [0, 0.05) is 38.7 Å². The summed E-state index contributed by atoms with van der Waals surface area (Å²) in [5.41, 5.74) is 2.62. The van der Waals surface area contributed by atoms with E-state index in [-0.39, 0.29) is 5.91 Å². The van der Waals surface area contributed by atoms with Gasteiger partial charge in [-0.3, -0.25) is 4.79 Å². The largest absolute Gasteiger partial charge is 0.342 e. The Kier molecular flexibility index (Phi) is 6.06. The molecule has 27 heavy (non-hydrogen) atoms. The summed E-state index contributed by atoms with van der Waals surface area (Å²) in [4.78, 5) is 14.7. The number of sulfonamides is 1. The lowest BCUT2D eigenvalue weighted by molar-refractivity contribution is -0.125. The summed E-state index contributed by atoms with van der Waals surface area (Å²) in [5.74, 6) is 0.617. The van der Waals surface area contributed by atoms with Gasteiger partial charge in [0.1, 0.15) is 0 Å². The molecule has 1 saturated heterocycles. The molecule has 2 aliphatic rings. The zero-order chi connectivity index (χ0) is 19.6. The molecule has 148 valence electrons. The number of hydrogen-bond acceptors (Lipinski definition) is 3. The molecular formula is C21H30N2O3S. The van der Waals surface area contributed by atoms with Gasteiger partial charge in [-0.1, -0.05) is 26.3 Å². The van der Waals surface area contributed by atoms with E-state index in [0.29, 0.717) is 30.3 Å². The lowest BCUT2D eigenvalue weighted by atomic mass is 10.0. The summed E-state index contributed by atoms with van der Waals surface area (Å²) >= 11 is 0. The third kappa shape index (κ3) is 4.27. The van der Waals surface area contributed by atoms with E-state index in [1.807, 2.05) is 19.2 Å². The lowest BCUT2D eigenvalue weighted by Crippen LogP contribution is -2.37. The van der Waals surface area contributed by atoms with Crippen molar-refractivity contribution in [1.82, 2.24) is 9.21 Å². The summed E-state index contributed by atoms with van der Waals surface area (Å²) in [5, 5.41) is 0. The highest BCUT2D eigenvalue weighted by Crippen LogP contribution is 2.30. The molecule has 3 rings (SSSR count). The van der Waals surface area contributed by atoms with Gasteiger partial charge in [-0.05, 0) is 54.5 Å². The van der Waals surface area contributed by atoms with Crippen LogP contribution in [0.25, 0.3) is 6.08 Å². The molecule has 0 bridgehead atoms. The molecule has 0 atom stereocenters. The quantitative estimate of drug-likeness (QED) is 0.749. The van der Waals surface area contributed by atoms with Crippen LogP contribution < -0.4 is 0 Å². The van der Waals surface area contributed by atoms with Gasteiger partial charge < -0.3 is 4.90 Å². The van der Waals surface area contributed by atoms with Crippen LogP contribution >= 0.6 is 0 Å². The minimum atomic E-state index is -3.46. The van der Waals surface area contributed by atoms with Gasteiger partial charge in [0.15, 0.2) is 0 Å². The zero-order valence-electron chi connectivity index (χ0n) is 16.6. The van der Waals surface area contributed by atoms with Crippen LogP contribution in [0.3, 0.4) is 0 Å². The molecule has 1 aliphatic carbocycles. The number of piperidine rings is 1. The minimum absolute atomic E-state index is 0.0362. The van der Waals surface area contributed by atoms with Crippen molar-refractivity contribution in [3.8, 4) is 0 Å². The number of fused-ring (bicyclic) bond motifs is 1. The normalized spacial score (nSPS) is 18.3. The molecule has 5 nitrogen and oxygen atoms in total. The Bertz CT molecular complexity index is 837. The van der Waals surface area contributed by atoms with Crippen LogP contribution in [-0.2, 0) is 21.2 Å². The monoisotopic (exact) mass is 390 g/mol. The average molecular weight is 391 g/mol. The van der Waals surface area contributed by atoms with Crippen molar-refractivity contribution < 1.29 is 13.2 Å². The van der Waals surface area contributed by atoms with E-state index in [0.717, 1.165) is 48.9 Å². The second-order valence-corrected chi connectivity index (χ2v) is 9.81. The van der Waals surface area contributed by atoms with Crippen molar-refractivity contribution in [1.29, 1.82) is 0 Å². The summed E-state index contributed by atoms with van der Waals surface area (Å²) in [7, 11) is -1.64. The summed E-state index contributed by atoms with van der Waals surface area (Å²) in [6.45, 7) is 6.19. The number of amides is 1. The van der Waals surface area contributed by atoms with Crippen LogP contribution in [0.4, 0.5) is 0 Å². The lowest BCUT2D eigenvalue weighted by Gasteiger charge is -2.29. The molecule has 0 N–H and O–H groups in total. The number of nitrogens with zero attached hydrogens (tertiary/aromatic N) is 2. The Morgan fingerprint density at radius 3 is 2.63 bits per heavy atom. The van der Waals surface area contributed by atoms with Crippen molar-refractivity contribution in [2.45, 2.75) is 50.8 Å². The van der Waals surface area contributed by atoms with E-state index >= 15 is 0 Å². The van der Waals surface area contributed by atoms with Gasteiger partial charge in [-0.25, -0.2) is 8.42 Å². The smallest absolute Gasteiger partial charge is 0.249 e. The van der Waals surface area contributed by atoms with Crippen LogP contribution in [0.1, 0.15) is 50.7 Å². The maximum Gasteiger partial charge on any atom is 0.249 e. The molecule has 0 unspecified atom stereocenters. The van der Waals surface area contributed by atoms with Crippen LogP contribution in [0.2, 0.25) is 0 Å². The van der Waals surface area contributed by atoms with Gasteiger partial charge in [0.2, 0.25) is 15.9 Å². The maximum absolute atomic E-state index is 13.0. The molecule has 6 heteroatoms. The van der Waals surface area contributed by atoms with Crippen molar-refractivity contribution in [2.24, 2.45) is 5.92 Å². The Balaban J connectivity index is 1.78. The van der Waals surface area contributed by atoms with E-state index < -0.39 is 10.0 Å². The van der Waals surface area contributed by atoms with E-state index in [2.05, 4.69) is 13.8 Å². The maximum atomic E-state index is 13.0. The van der Waals surface area contributed by atoms with Crippen molar-refractivity contribution in [3.05, 3.63) is 34.9 Å². The second-order valence-electron chi connectivity index (χ2n) is 7.87. The third-order valence-electron chi connectivity index (χ3n) is 5.68. The van der Waals surface area contributed by atoms with E-state index in [1.165, 1.54) is 0 Å². The number of hydrogen-bond donors (Lipinski definition) is 0. The van der Waals surface area contributed by atoms with Crippen LogP contribution in [0.5, 0.6) is 0 Å². The fraction of sp³-hybridized carbons (Fsp3) is 0.571. The molecule has 1 amide bonds. The van der Waals surface area contributed by atoms with Gasteiger partial charge in [-0.15, -0.1) is 0 Å². The fourth-order valence-electron chi connectivity index (χ4n) is 3.73. The van der Waals surface area contributed by atoms with Crippen molar-refractivity contribution in [2.75, 3.05) is 26.7 Å². The summed E-state index contributed by atoms with van der Waals surface area (Å²) in [6, 6.07) is 5.28. The molecule has 1 fully saturated rings. The van der Waals surface area contributed by atoms with Gasteiger partial charge in [0.05, 0.1) is 4.90 Å². The number of carbonyl (C=O) groups excluding carboxylic acids is 1. The standard InChI is InChI=1S/C21H30N2O3S/c1-4-5-10-22(3)21(24)19-13-17-6-7-20(15-18(17)14-19)27(25,26)23-11-8-16(2)9-12-23/h6-7,14-16H,4-5,8-13H2,1-3H3. The first-order chi connectivity index (χ1) is 12.8. The number of carbonyl (C=O) groups is 1. The molecule has 0 radical (unpaired) electrons. The Hall–Kier alpha value is -1.66. The first-order valence-electron chi connectivity index (χ1n) is 9.92. The molecule has 1 aliphatic heterocycles. The Morgan fingerprint density at radius 1 is 1.26 bits per heavy atom. The molecule has 1 aromatic carbocycles. The average Bonchev–Trinajstić information content (AvgIpc) is 3.09. The number of benzene rings is 1. The first kappa shape index (κ1) is 20.1. The van der Waals surface area contributed by atoms with Gasteiger partial charge in [-0.2, -0.15) is 4.31 Å². The highest BCUT2D eigenvalue weighted by Gasteiger charge is 2.29. The Morgan fingerprint density at radius 2 is 1.96 bits per heavy atom. The molecule has 0 saturated carbocycles. The van der Waals surface area contributed by atoms with Gasteiger partial charge >= 0.3 is 0 Å². The number of unbranched alkanes of at least 4 members (excludes halogenated alkanes) is 1. The van der Waals surface area contributed by atoms with Crippen LogP contribution in [-0.4, -0.2) is 50.2 Å². The number of likely N-dealkylation sites (N-methyl/N-ethyl adjacent to an activating group) is 1. The topological polar surface area (TPSA) is 57.7 Å². The molecule has 0 spiro atoms.